The smallest absolute Gasteiger partial charge is 0.412 e. The van der Waals surface area contributed by atoms with Gasteiger partial charge in [-0.1, -0.05) is 18.2 Å². The van der Waals surface area contributed by atoms with Crippen LogP contribution in [-0.2, 0) is 14.2 Å². The fourth-order valence-corrected chi connectivity index (χ4v) is 2.75. The fourth-order valence-electron chi connectivity index (χ4n) is 2.75. The van der Waals surface area contributed by atoms with E-state index in [4.69, 9.17) is 14.2 Å². The SMILES string of the molecule is CO[C@H]1C[C@H](OC(=O)c2ccccc2)[C@@H](CO)N1C(=O)OC(C)(C)C. The Hall–Kier alpha value is -2.12. The number of aliphatic hydroxyl groups excluding tert-OH is 1. The van der Waals surface area contributed by atoms with Gasteiger partial charge in [0.25, 0.3) is 0 Å². The molecule has 0 aromatic heterocycles. The van der Waals surface area contributed by atoms with E-state index in [9.17, 15) is 14.7 Å². The summed E-state index contributed by atoms with van der Waals surface area (Å²) in [6, 6.07) is 7.83. The second-order valence-electron chi connectivity index (χ2n) is 6.87. The van der Waals surface area contributed by atoms with Crippen LogP contribution in [0.2, 0.25) is 0 Å². The molecule has 1 saturated heterocycles. The summed E-state index contributed by atoms with van der Waals surface area (Å²) in [4.78, 5) is 26.1. The van der Waals surface area contributed by atoms with Gasteiger partial charge < -0.3 is 19.3 Å². The van der Waals surface area contributed by atoms with Crippen LogP contribution in [0, 0.1) is 0 Å². The molecule has 25 heavy (non-hydrogen) atoms. The maximum Gasteiger partial charge on any atom is 0.412 e. The molecule has 1 fully saturated rings. The first-order chi connectivity index (χ1) is 11.8. The second kappa shape index (κ2) is 7.84. The fraction of sp³-hybridized carbons (Fsp3) is 0.556. The molecule has 2 rings (SSSR count). The number of amides is 1. The molecule has 0 aliphatic carbocycles. The molecule has 7 nitrogen and oxygen atoms in total. The molecule has 1 aromatic carbocycles. The summed E-state index contributed by atoms with van der Waals surface area (Å²) in [5.41, 5.74) is -0.280. The van der Waals surface area contributed by atoms with Crippen LogP contribution >= 0.6 is 0 Å². The molecule has 0 unspecified atom stereocenters. The Morgan fingerprint density at radius 2 is 1.88 bits per heavy atom. The Balaban J connectivity index is 2.15. The van der Waals surface area contributed by atoms with Crippen molar-refractivity contribution in [1.29, 1.82) is 0 Å². The lowest BCUT2D eigenvalue weighted by molar-refractivity contribution is -0.0495. The van der Waals surface area contributed by atoms with Gasteiger partial charge >= 0.3 is 12.1 Å². The van der Waals surface area contributed by atoms with Crippen LogP contribution in [0.25, 0.3) is 0 Å². The monoisotopic (exact) mass is 351 g/mol. The number of ether oxygens (including phenoxy) is 3. The highest BCUT2D eigenvalue weighted by Crippen LogP contribution is 2.30. The molecule has 1 aromatic rings. The van der Waals surface area contributed by atoms with Crippen molar-refractivity contribution in [2.45, 2.75) is 51.2 Å². The summed E-state index contributed by atoms with van der Waals surface area (Å²) < 4.78 is 16.2. The molecule has 0 spiro atoms. The molecular weight excluding hydrogens is 326 g/mol. The normalized spacial score (nSPS) is 23.4. The number of benzene rings is 1. The number of carbonyl (C=O) groups excluding carboxylic acids is 2. The number of aliphatic hydroxyl groups is 1. The van der Waals surface area contributed by atoms with Gasteiger partial charge in [-0.05, 0) is 32.9 Å². The lowest BCUT2D eigenvalue weighted by atomic mass is 10.1. The standard InChI is InChI=1S/C18H25NO6/c1-18(2,3)25-17(22)19-13(11-20)14(10-15(19)23-4)24-16(21)12-8-6-5-7-9-12/h5-9,13-15,20H,10-11H2,1-4H3/t13-,14+,15+/m1/s1. The number of esters is 1. The molecule has 1 aliphatic rings. The Bertz CT molecular complexity index is 597. The van der Waals surface area contributed by atoms with Crippen molar-refractivity contribution >= 4 is 12.1 Å². The molecule has 138 valence electrons. The van der Waals surface area contributed by atoms with Gasteiger partial charge in [-0.2, -0.15) is 0 Å². The van der Waals surface area contributed by atoms with Crippen molar-refractivity contribution in [3.05, 3.63) is 35.9 Å². The Morgan fingerprint density at radius 1 is 1.24 bits per heavy atom. The van der Waals surface area contributed by atoms with Crippen LogP contribution < -0.4 is 0 Å². The zero-order valence-electron chi connectivity index (χ0n) is 15.0. The maximum atomic E-state index is 12.5. The van der Waals surface area contributed by atoms with Crippen molar-refractivity contribution in [3.63, 3.8) is 0 Å². The Kier molecular flexibility index (Phi) is 6.02. The highest BCUT2D eigenvalue weighted by Gasteiger charge is 2.47. The highest BCUT2D eigenvalue weighted by atomic mass is 16.6. The third-order valence-electron chi connectivity index (χ3n) is 3.86. The molecule has 3 atom stereocenters. The maximum absolute atomic E-state index is 12.5. The van der Waals surface area contributed by atoms with E-state index in [1.165, 1.54) is 12.0 Å². The van der Waals surface area contributed by atoms with E-state index >= 15 is 0 Å². The summed E-state index contributed by atoms with van der Waals surface area (Å²) in [6.45, 7) is 4.89. The van der Waals surface area contributed by atoms with Crippen LogP contribution in [0.3, 0.4) is 0 Å². The predicted octanol–water partition coefficient (Wildman–Crippen LogP) is 2.19. The van der Waals surface area contributed by atoms with Gasteiger partial charge in [-0.15, -0.1) is 0 Å². The topological polar surface area (TPSA) is 85.3 Å². The summed E-state index contributed by atoms with van der Waals surface area (Å²) in [6.07, 6.45) is -1.67. The molecule has 1 aliphatic heterocycles. The first-order valence-corrected chi connectivity index (χ1v) is 8.18. The number of methoxy groups -OCH3 is 1. The highest BCUT2D eigenvalue weighted by molar-refractivity contribution is 5.89. The van der Waals surface area contributed by atoms with Crippen LogP contribution in [-0.4, -0.2) is 59.8 Å². The molecule has 1 heterocycles. The number of likely N-dealkylation sites (tertiary alicyclic amines) is 1. The van der Waals surface area contributed by atoms with Gasteiger partial charge in [0, 0.05) is 13.5 Å². The first-order valence-electron chi connectivity index (χ1n) is 8.18. The summed E-state index contributed by atoms with van der Waals surface area (Å²) in [5, 5.41) is 9.75. The zero-order valence-corrected chi connectivity index (χ0v) is 15.0. The summed E-state index contributed by atoms with van der Waals surface area (Å²) in [7, 11) is 1.46. The number of rotatable bonds is 4. The van der Waals surface area contributed by atoms with Gasteiger partial charge in [0.1, 0.15) is 17.9 Å². The lowest BCUT2D eigenvalue weighted by Gasteiger charge is -2.31. The van der Waals surface area contributed by atoms with Crippen LogP contribution in [0.15, 0.2) is 30.3 Å². The lowest BCUT2D eigenvalue weighted by Crippen LogP contribution is -2.48. The molecule has 0 saturated carbocycles. The number of hydrogen-bond donors (Lipinski definition) is 1. The van der Waals surface area contributed by atoms with Crippen molar-refractivity contribution in [2.24, 2.45) is 0 Å². The largest absolute Gasteiger partial charge is 0.456 e. The van der Waals surface area contributed by atoms with E-state index in [0.29, 0.717) is 5.56 Å². The third kappa shape index (κ3) is 4.70. The first kappa shape index (κ1) is 19.2. The van der Waals surface area contributed by atoms with E-state index in [0.717, 1.165) is 0 Å². The number of hydrogen-bond acceptors (Lipinski definition) is 6. The van der Waals surface area contributed by atoms with Crippen molar-refractivity contribution in [1.82, 2.24) is 4.90 Å². The quantitative estimate of drug-likeness (QED) is 0.837. The number of carbonyl (C=O) groups is 2. The van der Waals surface area contributed by atoms with E-state index in [1.807, 2.05) is 0 Å². The molecule has 1 N–H and O–H groups in total. The minimum atomic E-state index is -0.729. The Morgan fingerprint density at radius 3 is 2.40 bits per heavy atom. The van der Waals surface area contributed by atoms with Gasteiger partial charge in [0.05, 0.1) is 18.2 Å². The number of nitrogens with zero attached hydrogens (tertiary/aromatic N) is 1. The van der Waals surface area contributed by atoms with E-state index in [-0.39, 0.29) is 13.0 Å². The van der Waals surface area contributed by atoms with Crippen LogP contribution in [0.4, 0.5) is 4.79 Å². The molecule has 0 radical (unpaired) electrons. The summed E-state index contributed by atoms with van der Waals surface area (Å²) in [5.74, 6) is -0.509. The molecular formula is C18H25NO6. The molecule has 0 bridgehead atoms. The van der Waals surface area contributed by atoms with Crippen molar-refractivity contribution < 1.29 is 28.9 Å². The van der Waals surface area contributed by atoms with E-state index in [1.54, 1.807) is 51.1 Å². The minimum absolute atomic E-state index is 0.263. The van der Waals surface area contributed by atoms with E-state index in [2.05, 4.69) is 0 Å². The van der Waals surface area contributed by atoms with Crippen LogP contribution in [0.5, 0.6) is 0 Å². The van der Waals surface area contributed by atoms with Crippen molar-refractivity contribution in [2.75, 3.05) is 13.7 Å². The zero-order chi connectivity index (χ0) is 18.6. The predicted molar refractivity (Wildman–Crippen MR) is 90.0 cm³/mol. The van der Waals surface area contributed by atoms with Gasteiger partial charge in [0.2, 0.25) is 0 Å². The second-order valence-corrected chi connectivity index (χ2v) is 6.87. The Labute approximate surface area is 147 Å². The average molecular weight is 351 g/mol. The van der Waals surface area contributed by atoms with Crippen LogP contribution in [0.1, 0.15) is 37.6 Å². The molecule has 7 heteroatoms. The van der Waals surface area contributed by atoms with Gasteiger partial charge in [-0.3, -0.25) is 4.90 Å². The van der Waals surface area contributed by atoms with Crippen molar-refractivity contribution in [3.8, 4) is 0 Å². The molecule has 1 amide bonds. The third-order valence-corrected chi connectivity index (χ3v) is 3.86. The average Bonchev–Trinajstić information content (AvgIpc) is 2.91. The summed E-state index contributed by atoms with van der Waals surface area (Å²) >= 11 is 0. The van der Waals surface area contributed by atoms with Gasteiger partial charge in [0.15, 0.2) is 0 Å². The minimum Gasteiger partial charge on any atom is -0.456 e. The van der Waals surface area contributed by atoms with E-state index < -0.39 is 36.0 Å². The van der Waals surface area contributed by atoms with Gasteiger partial charge in [-0.25, -0.2) is 9.59 Å².